The summed E-state index contributed by atoms with van der Waals surface area (Å²) in [5.41, 5.74) is 1.05. The summed E-state index contributed by atoms with van der Waals surface area (Å²) in [5.74, 6) is 0.558. The minimum absolute atomic E-state index is 0.170. The van der Waals surface area contributed by atoms with Crippen LogP contribution in [0, 0.1) is 11.7 Å². The van der Waals surface area contributed by atoms with E-state index in [4.69, 9.17) is 0 Å². The summed E-state index contributed by atoms with van der Waals surface area (Å²) in [6.45, 7) is 7.61. The molecule has 0 aliphatic heterocycles. The molecule has 0 saturated carbocycles. The van der Waals surface area contributed by atoms with Crippen LogP contribution in [-0.4, -0.2) is 6.54 Å². The monoisotopic (exact) mass is 329 g/mol. The fraction of sp³-hybridized carbons (Fsp3) is 0.625. The van der Waals surface area contributed by atoms with Gasteiger partial charge in [-0.2, -0.15) is 0 Å². The molecule has 0 aliphatic rings. The summed E-state index contributed by atoms with van der Waals surface area (Å²) in [6, 6.07) is 5.43. The van der Waals surface area contributed by atoms with Gasteiger partial charge in [0.25, 0.3) is 0 Å². The molecule has 1 atom stereocenters. The van der Waals surface area contributed by atoms with Crippen LogP contribution in [0.1, 0.15) is 58.1 Å². The Morgan fingerprint density at radius 3 is 2.53 bits per heavy atom. The van der Waals surface area contributed by atoms with Gasteiger partial charge in [-0.25, -0.2) is 4.39 Å². The van der Waals surface area contributed by atoms with Crippen molar-refractivity contribution >= 4 is 15.9 Å². The topological polar surface area (TPSA) is 12.0 Å². The van der Waals surface area contributed by atoms with Gasteiger partial charge < -0.3 is 5.32 Å². The van der Waals surface area contributed by atoms with Gasteiger partial charge in [-0.15, -0.1) is 0 Å². The smallest absolute Gasteiger partial charge is 0.124 e. The van der Waals surface area contributed by atoms with E-state index in [0.29, 0.717) is 0 Å². The molecule has 0 radical (unpaired) electrons. The standard InChI is InChI=1S/C16H25BrFN/c1-4-8-19-16(7-5-6-12(2)3)13-9-14(17)11-15(18)10-13/h9-12,16,19H,4-8H2,1-3H3. The van der Waals surface area contributed by atoms with Crippen molar-refractivity contribution in [3.05, 3.63) is 34.1 Å². The minimum Gasteiger partial charge on any atom is -0.310 e. The molecule has 1 nitrogen and oxygen atoms in total. The highest BCUT2D eigenvalue weighted by Gasteiger charge is 2.12. The third-order valence-corrected chi connectivity index (χ3v) is 3.66. The Hall–Kier alpha value is -0.410. The molecule has 0 amide bonds. The normalized spacial score (nSPS) is 12.9. The second-order valence-electron chi connectivity index (χ2n) is 5.53. The average Bonchev–Trinajstić information content (AvgIpc) is 2.31. The van der Waals surface area contributed by atoms with E-state index in [1.807, 2.05) is 6.07 Å². The second-order valence-corrected chi connectivity index (χ2v) is 6.45. The summed E-state index contributed by atoms with van der Waals surface area (Å²) in [4.78, 5) is 0. The molecule has 0 aliphatic carbocycles. The Labute approximate surface area is 125 Å². The van der Waals surface area contributed by atoms with E-state index in [9.17, 15) is 4.39 Å². The third-order valence-electron chi connectivity index (χ3n) is 3.20. The lowest BCUT2D eigenvalue weighted by atomic mass is 9.98. The van der Waals surface area contributed by atoms with Crippen molar-refractivity contribution in [3.63, 3.8) is 0 Å². The van der Waals surface area contributed by atoms with Gasteiger partial charge in [0.2, 0.25) is 0 Å². The van der Waals surface area contributed by atoms with Gasteiger partial charge in [0, 0.05) is 10.5 Å². The van der Waals surface area contributed by atoms with Crippen molar-refractivity contribution in [2.75, 3.05) is 6.54 Å². The molecule has 1 aromatic carbocycles. The van der Waals surface area contributed by atoms with Crippen molar-refractivity contribution in [2.24, 2.45) is 5.92 Å². The molecular weight excluding hydrogens is 305 g/mol. The number of nitrogens with one attached hydrogen (secondary N) is 1. The number of halogens is 2. The molecule has 0 aromatic heterocycles. The summed E-state index contributed by atoms with van der Waals surface area (Å²) >= 11 is 3.37. The zero-order valence-electron chi connectivity index (χ0n) is 12.2. The Balaban J connectivity index is 2.71. The number of rotatable bonds is 8. The molecular formula is C16H25BrFN. The van der Waals surface area contributed by atoms with Gasteiger partial charge in [0.1, 0.15) is 5.82 Å². The summed E-state index contributed by atoms with van der Waals surface area (Å²) in [5, 5.41) is 3.53. The Morgan fingerprint density at radius 1 is 1.21 bits per heavy atom. The van der Waals surface area contributed by atoms with E-state index in [-0.39, 0.29) is 11.9 Å². The first-order valence-electron chi connectivity index (χ1n) is 7.22. The van der Waals surface area contributed by atoms with Crippen LogP contribution in [0.25, 0.3) is 0 Å². The predicted octanol–water partition coefficient (Wildman–Crippen LogP) is 5.46. The molecule has 0 bridgehead atoms. The van der Waals surface area contributed by atoms with Crippen molar-refractivity contribution in [1.29, 1.82) is 0 Å². The lowest BCUT2D eigenvalue weighted by Crippen LogP contribution is -2.22. The van der Waals surface area contributed by atoms with Crippen LogP contribution in [0.15, 0.2) is 22.7 Å². The number of benzene rings is 1. The quantitative estimate of drug-likeness (QED) is 0.668. The van der Waals surface area contributed by atoms with Crippen LogP contribution in [0.2, 0.25) is 0 Å². The minimum atomic E-state index is -0.170. The zero-order chi connectivity index (χ0) is 14.3. The van der Waals surface area contributed by atoms with E-state index in [1.165, 1.54) is 18.9 Å². The molecule has 108 valence electrons. The molecule has 1 rings (SSSR count). The van der Waals surface area contributed by atoms with Gasteiger partial charge in [-0.05, 0) is 49.1 Å². The van der Waals surface area contributed by atoms with E-state index < -0.39 is 0 Å². The van der Waals surface area contributed by atoms with Crippen LogP contribution in [0.3, 0.4) is 0 Å². The van der Waals surface area contributed by atoms with E-state index in [1.54, 1.807) is 6.07 Å². The van der Waals surface area contributed by atoms with Crippen molar-refractivity contribution in [2.45, 2.75) is 52.5 Å². The lowest BCUT2D eigenvalue weighted by molar-refractivity contribution is 0.446. The highest BCUT2D eigenvalue weighted by Crippen LogP contribution is 2.25. The van der Waals surface area contributed by atoms with Crippen LogP contribution < -0.4 is 5.32 Å². The summed E-state index contributed by atoms with van der Waals surface area (Å²) in [7, 11) is 0. The van der Waals surface area contributed by atoms with Crippen LogP contribution in [-0.2, 0) is 0 Å². The van der Waals surface area contributed by atoms with Gasteiger partial charge in [-0.1, -0.05) is 49.5 Å². The maximum absolute atomic E-state index is 13.5. The van der Waals surface area contributed by atoms with Crippen molar-refractivity contribution in [3.8, 4) is 0 Å². The molecule has 0 spiro atoms. The fourth-order valence-electron chi connectivity index (χ4n) is 2.21. The third kappa shape index (κ3) is 6.53. The van der Waals surface area contributed by atoms with E-state index in [2.05, 4.69) is 42.0 Å². The molecule has 3 heteroatoms. The highest BCUT2D eigenvalue weighted by atomic mass is 79.9. The lowest BCUT2D eigenvalue weighted by Gasteiger charge is -2.20. The Morgan fingerprint density at radius 2 is 1.95 bits per heavy atom. The van der Waals surface area contributed by atoms with Crippen molar-refractivity contribution < 1.29 is 4.39 Å². The van der Waals surface area contributed by atoms with Gasteiger partial charge in [0.15, 0.2) is 0 Å². The summed E-state index contributed by atoms with van der Waals surface area (Å²) < 4.78 is 14.3. The van der Waals surface area contributed by atoms with Crippen molar-refractivity contribution in [1.82, 2.24) is 5.32 Å². The first-order chi connectivity index (χ1) is 9.02. The van der Waals surface area contributed by atoms with Gasteiger partial charge in [0.05, 0.1) is 0 Å². The first-order valence-corrected chi connectivity index (χ1v) is 8.01. The van der Waals surface area contributed by atoms with Crippen LogP contribution >= 0.6 is 15.9 Å². The Kier molecular flexibility index (Phi) is 7.62. The number of hydrogen-bond donors (Lipinski definition) is 1. The predicted molar refractivity (Wildman–Crippen MR) is 83.8 cm³/mol. The van der Waals surface area contributed by atoms with E-state index in [0.717, 1.165) is 35.3 Å². The maximum Gasteiger partial charge on any atom is 0.124 e. The molecule has 0 heterocycles. The molecule has 1 aromatic rings. The average molecular weight is 330 g/mol. The SMILES string of the molecule is CCCNC(CCCC(C)C)c1cc(F)cc(Br)c1. The zero-order valence-corrected chi connectivity index (χ0v) is 13.8. The largest absolute Gasteiger partial charge is 0.310 e. The molecule has 1 N–H and O–H groups in total. The fourth-order valence-corrected chi connectivity index (χ4v) is 2.69. The van der Waals surface area contributed by atoms with Gasteiger partial charge >= 0.3 is 0 Å². The maximum atomic E-state index is 13.5. The first kappa shape index (κ1) is 16.6. The molecule has 0 fully saturated rings. The Bertz CT molecular complexity index is 359. The summed E-state index contributed by atoms with van der Waals surface area (Å²) in [6.07, 6.45) is 4.55. The molecule has 19 heavy (non-hydrogen) atoms. The highest BCUT2D eigenvalue weighted by molar-refractivity contribution is 9.10. The van der Waals surface area contributed by atoms with Crippen LogP contribution in [0.4, 0.5) is 4.39 Å². The molecule has 1 unspecified atom stereocenters. The van der Waals surface area contributed by atoms with Gasteiger partial charge in [-0.3, -0.25) is 0 Å². The second kappa shape index (κ2) is 8.70. The van der Waals surface area contributed by atoms with E-state index >= 15 is 0 Å². The number of hydrogen-bond acceptors (Lipinski definition) is 1. The molecule has 0 saturated heterocycles. The van der Waals surface area contributed by atoms with Crippen LogP contribution in [0.5, 0.6) is 0 Å².